The van der Waals surface area contributed by atoms with E-state index in [1.807, 2.05) is 18.3 Å². The normalized spacial score (nSPS) is 13.2. The van der Waals surface area contributed by atoms with Crippen molar-refractivity contribution in [3.63, 3.8) is 0 Å². The summed E-state index contributed by atoms with van der Waals surface area (Å²) < 4.78 is 6.62. The highest BCUT2D eigenvalue weighted by molar-refractivity contribution is 9.10. The first kappa shape index (κ1) is 16.1. The number of hydrogen-bond donors (Lipinski definition) is 1. The third kappa shape index (κ3) is 4.31. The molecule has 0 aliphatic heterocycles. The summed E-state index contributed by atoms with van der Waals surface area (Å²) in [6.45, 7) is 10.4. The lowest BCUT2D eigenvalue weighted by Gasteiger charge is -2.28. The number of hydrogen-bond acceptors (Lipinski definition) is 4. The van der Waals surface area contributed by atoms with Gasteiger partial charge < -0.3 is 10.5 Å². The van der Waals surface area contributed by atoms with Crippen LogP contribution in [-0.2, 0) is 4.74 Å². The Kier molecular flexibility index (Phi) is 7.41. The SMILES string of the molecule is CCOCCN(CC)C(CN)c1cc(Br)c(C)s1. The van der Waals surface area contributed by atoms with Crippen LogP contribution in [0, 0.1) is 6.92 Å². The van der Waals surface area contributed by atoms with Crippen molar-refractivity contribution in [1.82, 2.24) is 4.90 Å². The molecule has 1 aromatic rings. The largest absolute Gasteiger partial charge is 0.380 e. The van der Waals surface area contributed by atoms with Crippen molar-refractivity contribution in [2.75, 3.05) is 32.8 Å². The molecule has 0 fully saturated rings. The minimum atomic E-state index is 0.297. The van der Waals surface area contributed by atoms with Crippen LogP contribution in [0.1, 0.15) is 29.6 Å². The summed E-state index contributed by atoms with van der Waals surface area (Å²) in [5, 5.41) is 0. The Morgan fingerprint density at radius 3 is 2.67 bits per heavy atom. The number of ether oxygens (including phenoxy) is 1. The Morgan fingerprint density at radius 1 is 1.50 bits per heavy atom. The fourth-order valence-corrected chi connectivity index (χ4v) is 3.66. The Hall–Kier alpha value is 0.0600. The summed E-state index contributed by atoms with van der Waals surface area (Å²) in [6.07, 6.45) is 0. The van der Waals surface area contributed by atoms with Crippen LogP contribution in [0.5, 0.6) is 0 Å². The van der Waals surface area contributed by atoms with Gasteiger partial charge in [0.25, 0.3) is 0 Å². The lowest BCUT2D eigenvalue weighted by Crippen LogP contribution is -2.35. The van der Waals surface area contributed by atoms with E-state index in [4.69, 9.17) is 10.5 Å². The van der Waals surface area contributed by atoms with Crippen LogP contribution < -0.4 is 5.73 Å². The predicted molar refractivity (Wildman–Crippen MR) is 82.3 cm³/mol. The Bertz CT molecular complexity index is 337. The molecule has 2 N–H and O–H groups in total. The summed E-state index contributed by atoms with van der Waals surface area (Å²) in [7, 11) is 0. The Balaban J connectivity index is 2.72. The molecule has 0 amide bonds. The van der Waals surface area contributed by atoms with Gasteiger partial charge in [-0.3, -0.25) is 4.90 Å². The first-order chi connectivity index (χ1) is 8.63. The average Bonchev–Trinajstić information content (AvgIpc) is 2.68. The van der Waals surface area contributed by atoms with E-state index < -0.39 is 0 Å². The van der Waals surface area contributed by atoms with Gasteiger partial charge in [-0.2, -0.15) is 0 Å². The number of thiophene rings is 1. The van der Waals surface area contributed by atoms with E-state index in [1.54, 1.807) is 0 Å². The molecule has 0 aromatic carbocycles. The van der Waals surface area contributed by atoms with Crippen molar-refractivity contribution in [1.29, 1.82) is 0 Å². The van der Waals surface area contributed by atoms with Crippen LogP contribution in [0.4, 0.5) is 0 Å². The summed E-state index contributed by atoms with van der Waals surface area (Å²) in [6, 6.07) is 2.49. The lowest BCUT2D eigenvalue weighted by atomic mass is 10.2. The molecule has 18 heavy (non-hydrogen) atoms. The quantitative estimate of drug-likeness (QED) is 0.742. The molecule has 0 radical (unpaired) electrons. The number of aryl methyl sites for hydroxylation is 1. The van der Waals surface area contributed by atoms with Crippen molar-refractivity contribution in [3.05, 3.63) is 20.3 Å². The van der Waals surface area contributed by atoms with Crippen LogP contribution in [0.25, 0.3) is 0 Å². The van der Waals surface area contributed by atoms with Crippen molar-refractivity contribution in [2.45, 2.75) is 26.8 Å². The molecule has 3 nitrogen and oxygen atoms in total. The second-order valence-electron chi connectivity index (χ2n) is 4.13. The van der Waals surface area contributed by atoms with Gasteiger partial charge in [0.1, 0.15) is 0 Å². The molecule has 1 rings (SSSR count). The van der Waals surface area contributed by atoms with Crippen molar-refractivity contribution < 1.29 is 4.74 Å². The van der Waals surface area contributed by atoms with Crippen LogP contribution >= 0.6 is 27.3 Å². The van der Waals surface area contributed by atoms with E-state index in [-0.39, 0.29) is 0 Å². The first-order valence-electron chi connectivity index (χ1n) is 6.41. The molecule has 1 atom stereocenters. The smallest absolute Gasteiger partial charge is 0.0593 e. The topological polar surface area (TPSA) is 38.5 Å². The van der Waals surface area contributed by atoms with Gasteiger partial charge in [0.2, 0.25) is 0 Å². The van der Waals surface area contributed by atoms with Gasteiger partial charge in [-0.1, -0.05) is 6.92 Å². The zero-order chi connectivity index (χ0) is 13.5. The molecule has 1 heterocycles. The highest BCUT2D eigenvalue weighted by Crippen LogP contribution is 2.32. The summed E-state index contributed by atoms with van der Waals surface area (Å²) in [5.41, 5.74) is 5.95. The highest BCUT2D eigenvalue weighted by atomic mass is 79.9. The second kappa shape index (κ2) is 8.27. The third-order valence-corrected chi connectivity index (χ3v) is 5.24. The molecular formula is C13H23BrN2OS. The zero-order valence-corrected chi connectivity index (χ0v) is 13.8. The van der Waals surface area contributed by atoms with Crippen molar-refractivity contribution >= 4 is 27.3 Å². The molecule has 0 bridgehead atoms. The Morgan fingerprint density at radius 2 is 2.22 bits per heavy atom. The molecule has 0 aliphatic rings. The fourth-order valence-electron chi connectivity index (χ4n) is 1.95. The van der Waals surface area contributed by atoms with E-state index in [0.717, 1.165) is 26.3 Å². The third-order valence-electron chi connectivity index (χ3n) is 3.00. The lowest BCUT2D eigenvalue weighted by molar-refractivity contribution is 0.0988. The number of nitrogens with two attached hydrogens (primary N) is 1. The van der Waals surface area contributed by atoms with E-state index in [9.17, 15) is 0 Å². The van der Waals surface area contributed by atoms with Gasteiger partial charge in [-0.05, 0) is 42.4 Å². The molecular weight excluding hydrogens is 312 g/mol. The van der Waals surface area contributed by atoms with Crippen molar-refractivity contribution in [3.8, 4) is 0 Å². The molecule has 0 saturated heterocycles. The molecule has 0 saturated carbocycles. The fraction of sp³-hybridized carbons (Fsp3) is 0.692. The number of halogens is 1. The molecule has 0 spiro atoms. The van der Waals surface area contributed by atoms with Gasteiger partial charge in [0, 0.05) is 33.9 Å². The van der Waals surface area contributed by atoms with Crippen LogP contribution in [0.15, 0.2) is 10.5 Å². The standard InChI is InChI=1S/C13H23BrN2OS/c1-4-16(6-7-17-5-2)12(9-15)13-8-11(14)10(3)18-13/h8,12H,4-7,9,15H2,1-3H3. The van der Waals surface area contributed by atoms with Gasteiger partial charge in [-0.25, -0.2) is 0 Å². The maximum Gasteiger partial charge on any atom is 0.0593 e. The minimum Gasteiger partial charge on any atom is -0.380 e. The summed E-state index contributed by atoms with van der Waals surface area (Å²) >= 11 is 5.40. The first-order valence-corrected chi connectivity index (χ1v) is 8.02. The van der Waals surface area contributed by atoms with E-state index in [1.165, 1.54) is 14.2 Å². The number of likely N-dealkylation sites (N-methyl/N-ethyl adjacent to an activating group) is 1. The predicted octanol–water partition coefficient (Wildman–Crippen LogP) is 3.18. The van der Waals surface area contributed by atoms with E-state index in [2.05, 4.69) is 40.7 Å². The zero-order valence-electron chi connectivity index (χ0n) is 11.4. The van der Waals surface area contributed by atoms with Crippen LogP contribution in [0.2, 0.25) is 0 Å². The summed E-state index contributed by atoms with van der Waals surface area (Å²) in [5.74, 6) is 0. The van der Waals surface area contributed by atoms with Crippen LogP contribution in [-0.4, -0.2) is 37.7 Å². The van der Waals surface area contributed by atoms with Crippen LogP contribution in [0.3, 0.4) is 0 Å². The molecule has 104 valence electrons. The van der Waals surface area contributed by atoms with Crippen molar-refractivity contribution in [2.24, 2.45) is 5.73 Å². The second-order valence-corrected chi connectivity index (χ2v) is 6.27. The monoisotopic (exact) mass is 334 g/mol. The number of rotatable bonds is 8. The minimum absolute atomic E-state index is 0.297. The van der Waals surface area contributed by atoms with Gasteiger partial charge in [0.15, 0.2) is 0 Å². The van der Waals surface area contributed by atoms with E-state index >= 15 is 0 Å². The average molecular weight is 335 g/mol. The molecule has 5 heteroatoms. The van der Waals surface area contributed by atoms with E-state index in [0.29, 0.717) is 12.6 Å². The number of nitrogens with zero attached hydrogens (tertiary/aromatic N) is 1. The highest BCUT2D eigenvalue weighted by Gasteiger charge is 2.20. The maximum atomic E-state index is 5.95. The Labute approximate surface area is 122 Å². The van der Waals surface area contributed by atoms with Gasteiger partial charge >= 0.3 is 0 Å². The molecule has 1 unspecified atom stereocenters. The van der Waals surface area contributed by atoms with Gasteiger partial charge in [-0.15, -0.1) is 11.3 Å². The molecule has 1 aromatic heterocycles. The molecule has 0 aliphatic carbocycles. The maximum absolute atomic E-state index is 5.95. The summed E-state index contributed by atoms with van der Waals surface area (Å²) in [4.78, 5) is 5.03. The van der Waals surface area contributed by atoms with Gasteiger partial charge in [0.05, 0.1) is 12.6 Å².